The fourth-order valence-electron chi connectivity index (χ4n) is 5.67. The number of anilines is 1. The van der Waals surface area contributed by atoms with Crippen LogP contribution < -0.4 is 15.9 Å². The van der Waals surface area contributed by atoms with E-state index in [1.165, 1.54) is 48.0 Å². The van der Waals surface area contributed by atoms with Gasteiger partial charge in [-0.2, -0.15) is 0 Å². The van der Waals surface area contributed by atoms with Gasteiger partial charge in [0, 0.05) is 6.20 Å². The average Bonchev–Trinajstić information content (AvgIpc) is 3.46. The third-order valence-electron chi connectivity index (χ3n) is 7.70. The van der Waals surface area contributed by atoms with Gasteiger partial charge in [-0.1, -0.05) is 89.1 Å². The van der Waals surface area contributed by atoms with Crippen LogP contribution in [0.2, 0.25) is 0 Å². The number of nitrogens with zero attached hydrogens (tertiary/aromatic N) is 4. The van der Waals surface area contributed by atoms with Gasteiger partial charge in [-0.05, 0) is 42.7 Å². The van der Waals surface area contributed by atoms with E-state index in [9.17, 15) is 19.6 Å². The summed E-state index contributed by atoms with van der Waals surface area (Å²) in [5, 5.41) is 18.5. The minimum atomic E-state index is -0.723. The summed E-state index contributed by atoms with van der Waals surface area (Å²) < 4.78 is 1.40. The molecular weight excluding hydrogens is 496 g/mol. The van der Waals surface area contributed by atoms with Crippen LogP contribution in [0.1, 0.15) is 84.1 Å². The summed E-state index contributed by atoms with van der Waals surface area (Å²) in [5.41, 5.74) is 6.11. The highest BCUT2D eigenvalue weighted by Crippen LogP contribution is 2.31. The van der Waals surface area contributed by atoms with E-state index >= 15 is 0 Å². The molecule has 214 valence electrons. The molecule has 10 nitrogen and oxygen atoms in total. The second-order valence-corrected chi connectivity index (χ2v) is 11.0. The molecular formula is C29H44N6O4. The lowest BCUT2D eigenvalue weighted by Gasteiger charge is -2.31. The maximum absolute atomic E-state index is 13.9. The lowest BCUT2D eigenvalue weighted by Crippen LogP contribution is -2.52. The average molecular weight is 541 g/mol. The number of carbonyl (C=O) groups excluding carboxylic acids is 3. The number of aromatic nitrogens is 3. The summed E-state index contributed by atoms with van der Waals surface area (Å²) in [5.74, 6) is -2.03. The first kappa shape index (κ1) is 30.3. The molecule has 39 heavy (non-hydrogen) atoms. The number of nitrogens with one attached hydrogen (secondary N) is 2. The lowest BCUT2D eigenvalue weighted by atomic mass is 9.79. The molecule has 0 bridgehead atoms. The summed E-state index contributed by atoms with van der Waals surface area (Å²) in [4.78, 5) is 40.2. The molecule has 0 radical (unpaired) electrons. The van der Waals surface area contributed by atoms with E-state index in [1.807, 2.05) is 39.0 Å². The molecule has 1 fully saturated rings. The Morgan fingerprint density at radius 2 is 1.85 bits per heavy atom. The Bertz CT molecular complexity index is 1050. The molecule has 1 heterocycles. The van der Waals surface area contributed by atoms with E-state index in [-0.39, 0.29) is 12.5 Å². The number of amides is 3. The Labute approximate surface area is 231 Å². The van der Waals surface area contributed by atoms with Crippen molar-refractivity contribution < 1.29 is 19.6 Å². The van der Waals surface area contributed by atoms with E-state index < -0.39 is 29.6 Å². The van der Waals surface area contributed by atoms with Crippen LogP contribution in [0.5, 0.6) is 0 Å². The molecule has 3 N–H and O–H groups in total. The first-order valence-corrected chi connectivity index (χ1v) is 14.3. The Kier molecular flexibility index (Phi) is 11.9. The molecule has 3 rings (SSSR count). The molecule has 1 aromatic heterocycles. The molecule has 1 saturated carbocycles. The quantitative estimate of drug-likeness (QED) is 0.254. The van der Waals surface area contributed by atoms with Gasteiger partial charge in [0.05, 0.1) is 23.7 Å². The van der Waals surface area contributed by atoms with Gasteiger partial charge in [0.15, 0.2) is 0 Å². The van der Waals surface area contributed by atoms with Crippen LogP contribution in [-0.4, -0.2) is 37.9 Å². The predicted octanol–water partition coefficient (Wildman–Crippen LogP) is 4.44. The van der Waals surface area contributed by atoms with Crippen molar-refractivity contribution in [3.63, 3.8) is 0 Å². The van der Waals surface area contributed by atoms with Gasteiger partial charge in [0.1, 0.15) is 6.54 Å². The standard InChI is InChI=1S/C29H44N6O4/c1-4-23-14-8-9-16-26(23)35(27(36)20-34-18-17-30-33-34)31-28(37)25(19-21(2)3)24(29(38)32-39)15-10-13-22-11-6-5-7-12-22/h8-9,14,16-18,21-22,24-25,39H,4-7,10-13,15,19-20H2,1-3H3,(H,31,37)(H,32,38)/t24-,25+/m0/s1. The van der Waals surface area contributed by atoms with Crippen LogP contribution in [0.3, 0.4) is 0 Å². The first-order valence-electron chi connectivity index (χ1n) is 14.3. The molecule has 0 aliphatic heterocycles. The minimum absolute atomic E-state index is 0.116. The summed E-state index contributed by atoms with van der Waals surface area (Å²) in [6.45, 7) is 5.86. The number of aryl methyl sites for hydroxylation is 1. The van der Waals surface area contributed by atoms with Crippen LogP contribution in [0.4, 0.5) is 5.69 Å². The van der Waals surface area contributed by atoms with E-state index in [0.29, 0.717) is 30.9 Å². The van der Waals surface area contributed by atoms with E-state index in [1.54, 1.807) is 17.7 Å². The summed E-state index contributed by atoms with van der Waals surface area (Å²) in [7, 11) is 0. The monoisotopic (exact) mass is 540 g/mol. The number of hydrogen-bond acceptors (Lipinski definition) is 6. The number of carbonyl (C=O) groups is 3. The fraction of sp³-hybridized carbons (Fsp3) is 0.621. The normalized spacial score (nSPS) is 15.5. The molecule has 1 aliphatic carbocycles. The molecule has 2 atom stereocenters. The van der Waals surface area contributed by atoms with Gasteiger partial charge in [-0.3, -0.25) is 25.0 Å². The summed E-state index contributed by atoms with van der Waals surface area (Å²) >= 11 is 0. The van der Waals surface area contributed by atoms with Crippen molar-refractivity contribution in [2.45, 2.75) is 91.5 Å². The molecule has 0 unspecified atom stereocenters. The molecule has 0 saturated heterocycles. The predicted molar refractivity (Wildman–Crippen MR) is 148 cm³/mol. The van der Waals surface area contributed by atoms with Crippen molar-refractivity contribution in [1.82, 2.24) is 25.9 Å². The largest absolute Gasteiger partial charge is 0.289 e. The van der Waals surface area contributed by atoms with Crippen LogP contribution in [0.15, 0.2) is 36.7 Å². The second kappa shape index (κ2) is 15.4. The first-order chi connectivity index (χ1) is 18.8. The summed E-state index contributed by atoms with van der Waals surface area (Å²) in [6, 6.07) is 7.41. The molecule has 0 spiro atoms. The van der Waals surface area contributed by atoms with Gasteiger partial charge in [-0.25, -0.2) is 15.2 Å². The van der Waals surface area contributed by atoms with Gasteiger partial charge < -0.3 is 0 Å². The van der Waals surface area contributed by atoms with Crippen LogP contribution in [0.25, 0.3) is 0 Å². The van der Waals surface area contributed by atoms with Crippen LogP contribution in [-0.2, 0) is 27.3 Å². The van der Waals surface area contributed by atoms with E-state index in [4.69, 9.17) is 0 Å². The lowest BCUT2D eigenvalue weighted by molar-refractivity contribution is -0.141. The van der Waals surface area contributed by atoms with Crippen molar-refractivity contribution in [3.8, 4) is 0 Å². The molecule has 2 aromatic rings. The van der Waals surface area contributed by atoms with Crippen LogP contribution in [0, 0.1) is 23.7 Å². The van der Waals surface area contributed by atoms with E-state index in [0.717, 1.165) is 18.4 Å². The van der Waals surface area contributed by atoms with E-state index in [2.05, 4.69) is 15.7 Å². The van der Waals surface area contributed by atoms with Crippen LogP contribution >= 0.6 is 0 Å². The minimum Gasteiger partial charge on any atom is -0.289 e. The van der Waals surface area contributed by atoms with Crippen molar-refractivity contribution in [2.24, 2.45) is 23.7 Å². The third-order valence-corrected chi connectivity index (χ3v) is 7.70. The van der Waals surface area contributed by atoms with Gasteiger partial charge >= 0.3 is 0 Å². The molecule has 10 heteroatoms. The Morgan fingerprint density at radius 3 is 2.49 bits per heavy atom. The van der Waals surface area contributed by atoms with Gasteiger partial charge in [0.25, 0.3) is 5.91 Å². The Balaban J connectivity index is 1.84. The smallest absolute Gasteiger partial charge is 0.267 e. The maximum Gasteiger partial charge on any atom is 0.267 e. The highest BCUT2D eigenvalue weighted by atomic mass is 16.5. The number of benzene rings is 1. The molecule has 1 aliphatic rings. The SMILES string of the molecule is CCc1ccccc1N(NC(=O)[C@H](CC(C)C)[C@H](CCCC1CCCCC1)C(=O)NO)C(=O)Cn1ccnn1. The fourth-order valence-corrected chi connectivity index (χ4v) is 5.67. The van der Waals surface area contributed by atoms with Crippen molar-refractivity contribution in [3.05, 3.63) is 42.2 Å². The molecule has 3 amide bonds. The zero-order valence-electron chi connectivity index (χ0n) is 23.5. The number of hydrogen-bond donors (Lipinski definition) is 3. The number of hydroxylamine groups is 1. The number of hydrazine groups is 1. The third kappa shape index (κ3) is 8.88. The highest BCUT2D eigenvalue weighted by Gasteiger charge is 2.36. The van der Waals surface area contributed by atoms with Crippen molar-refractivity contribution in [2.75, 3.05) is 5.01 Å². The number of rotatable bonds is 13. The number of para-hydroxylation sites is 1. The van der Waals surface area contributed by atoms with Gasteiger partial charge in [0.2, 0.25) is 11.8 Å². The topological polar surface area (TPSA) is 129 Å². The van der Waals surface area contributed by atoms with Gasteiger partial charge in [-0.15, -0.1) is 5.10 Å². The summed E-state index contributed by atoms with van der Waals surface area (Å²) in [6.07, 6.45) is 12.7. The Morgan fingerprint density at radius 1 is 1.10 bits per heavy atom. The zero-order chi connectivity index (χ0) is 28.2. The van der Waals surface area contributed by atoms with Crippen molar-refractivity contribution in [1.29, 1.82) is 0 Å². The second-order valence-electron chi connectivity index (χ2n) is 11.0. The molecule has 1 aromatic carbocycles. The highest BCUT2D eigenvalue weighted by molar-refractivity contribution is 5.98. The van der Waals surface area contributed by atoms with Crippen molar-refractivity contribution >= 4 is 23.4 Å². The Hall–Kier alpha value is -3.27. The zero-order valence-corrected chi connectivity index (χ0v) is 23.5. The maximum atomic E-state index is 13.9.